The summed E-state index contributed by atoms with van der Waals surface area (Å²) in [5.74, 6) is 0. The summed E-state index contributed by atoms with van der Waals surface area (Å²) in [6, 6.07) is 0. The van der Waals surface area contributed by atoms with Gasteiger partial charge in [-0.25, -0.2) is 14.4 Å². The van der Waals surface area contributed by atoms with Crippen LogP contribution >= 0.6 is 0 Å². The Kier molecular flexibility index (Phi) is 12.9. The van der Waals surface area contributed by atoms with Crippen LogP contribution in [-0.4, -0.2) is 58.1 Å². The van der Waals surface area contributed by atoms with Gasteiger partial charge in [-0.3, -0.25) is 0 Å². The van der Waals surface area contributed by atoms with Crippen molar-refractivity contribution in [3.63, 3.8) is 0 Å². The maximum Gasteiger partial charge on any atom is 0.409 e. The third-order valence-corrected chi connectivity index (χ3v) is 1.19. The van der Waals surface area contributed by atoms with E-state index in [4.69, 9.17) is 5.11 Å². The second kappa shape index (κ2) is 12.8. The fourth-order valence-corrected chi connectivity index (χ4v) is 0.412. The first-order chi connectivity index (χ1) is 8.51. The van der Waals surface area contributed by atoms with Crippen LogP contribution in [0.1, 0.15) is 0 Å². The third-order valence-electron chi connectivity index (χ3n) is 1.19. The first kappa shape index (κ1) is 18.1. The Balaban J connectivity index is 0. The lowest BCUT2D eigenvalue weighted by atomic mass is 11.0. The largest absolute Gasteiger partial charge is 0.423 e. The molecule has 0 bridgehead atoms. The number of rotatable bonds is 3. The van der Waals surface area contributed by atoms with Gasteiger partial charge in [0.15, 0.2) is 6.79 Å². The highest BCUT2D eigenvalue weighted by atomic mass is 16.7. The Bertz CT molecular complexity index is 243. The van der Waals surface area contributed by atoms with E-state index >= 15 is 0 Å². The molecule has 4 N–H and O–H groups in total. The zero-order valence-electron chi connectivity index (χ0n) is 10.3. The van der Waals surface area contributed by atoms with Crippen LogP contribution in [0.2, 0.25) is 0 Å². The quantitative estimate of drug-likeness (QED) is 0.479. The van der Waals surface area contributed by atoms with Crippen molar-refractivity contribution in [2.24, 2.45) is 0 Å². The molecule has 0 atom stereocenters. The number of aliphatic hydroxyl groups excluding tert-OH is 1. The van der Waals surface area contributed by atoms with E-state index in [1.807, 2.05) is 0 Å². The summed E-state index contributed by atoms with van der Waals surface area (Å²) in [7, 11) is 4.22. The lowest BCUT2D eigenvalue weighted by molar-refractivity contribution is 0.0259. The summed E-state index contributed by atoms with van der Waals surface area (Å²) in [5, 5.41) is 14.4. The number of carbonyl (C=O) groups is 3. The minimum atomic E-state index is -0.645. The highest BCUT2D eigenvalue weighted by Gasteiger charge is 1.99. The Hall–Kier alpha value is -2.23. The lowest BCUT2D eigenvalue weighted by Crippen LogP contribution is -2.25. The van der Waals surface area contributed by atoms with Crippen molar-refractivity contribution in [2.45, 2.75) is 0 Å². The van der Waals surface area contributed by atoms with Gasteiger partial charge in [-0.2, -0.15) is 0 Å². The molecule has 0 heterocycles. The van der Waals surface area contributed by atoms with Gasteiger partial charge in [0.2, 0.25) is 6.79 Å². The number of nitrogens with one attached hydrogen (secondary N) is 3. The topological polar surface area (TPSA) is 135 Å². The van der Waals surface area contributed by atoms with Gasteiger partial charge in [-0.1, -0.05) is 0 Å². The van der Waals surface area contributed by atoms with Crippen LogP contribution in [0.5, 0.6) is 0 Å². The van der Waals surface area contributed by atoms with Gasteiger partial charge in [-0.15, -0.1) is 0 Å². The second-order valence-corrected chi connectivity index (χ2v) is 2.29. The van der Waals surface area contributed by atoms with E-state index in [1.165, 1.54) is 21.1 Å². The zero-order chi connectivity index (χ0) is 14.4. The molecule has 18 heavy (non-hydrogen) atoms. The van der Waals surface area contributed by atoms with Crippen molar-refractivity contribution in [2.75, 3.05) is 34.7 Å². The fraction of sp³-hybridized carbons (Fsp3) is 0.625. The predicted molar refractivity (Wildman–Crippen MR) is 58.6 cm³/mol. The van der Waals surface area contributed by atoms with Crippen molar-refractivity contribution < 1.29 is 33.7 Å². The highest BCUT2D eigenvalue weighted by molar-refractivity contribution is 5.68. The summed E-state index contributed by atoms with van der Waals surface area (Å²) in [6.07, 6.45) is -1.91. The van der Waals surface area contributed by atoms with Gasteiger partial charge in [0.05, 0.1) is 0 Å². The molecule has 0 aromatic heterocycles. The van der Waals surface area contributed by atoms with E-state index in [0.717, 1.165) is 0 Å². The number of carbonyl (C=O) groups excluding carboxylic acids is 3. The Morgan fingerprint density at radius 2 is 1.17 bits per heavy atom. The van der Waals surface area contributed by atoms with Crippen LogP contribution in [0.4, 0.5) is 14.4 Å². The Labute approximate surface area is 104 Å². The van der Waals surface area contributed by atoms with E-state index in [-0.39, 0.29) is 6.79 Å². The number of hydrogen-bond donors (Lipinski definition) is 4. The molecular formula is C8H17N3O7. The molecule has 0 aliphatic rings. The van der Waals surface area contributed by atoms with Crippen molar-refractivity contribution >= 4 is 18.3 Å². The average molecular weight is 267 g/mol. The molecule has 0 saturated heterocycles. The first-order valence-corrected chi connectivity index (χ1v) is 4.66. The Morgan fingerprint density at radius 3 is 1.39 bits per heavy atom. The molecule has 3 amide bonds. The Morgan fingerprint density at radius 1 is 0.833 bits per heavy atom. The van der Waals surface area contributed by atoms with Gasteiger partial charge in [-0.05, 0) is 0 Å². The van der Waals surface area contributed by atoms with Crippen LogP contribution in [-0.2, 0) is 14.2 Å². The van der Waals surface area contributed by atoms with E-state index in [2.05, 4.69) is 30.2 Å². The van der Waals surface area contributed by atoms with E-state index in [9.17, 15) is 14.4 Å². The molecule has 0 saturated carbocycles. The highest BCUT2D eigenvalue weighted by Crippen LogP contribution is 1.79. The molecule has 0 aromatic carbocycles. The number of aliphatic hydroxyl groups is 1. The number of ether oxygens (including phenoxy) is 3. The molecule has 0 rings (SSSR count). The van der Waals surface area contributed by atoms with E-state index < -0.39 is 25.1 Å². The number of amides is 3. The van der Waals surface area contributed by atoms with Gasteiger partial charge >= 0.3 is 18.3 Å². The van der Waals surface area contributed by atoms with Gasteiger partial charge in [0.25, 0.3) is 0 Å². The first-order valence-electron chi connectivity index (χ1n) is 4.66. The van der Waals surface area contributed by atoms with E-state index in [1.54, 1.807) is 0 Å². The minimum Gasteiger partial charge on any atom is -0.423 e. The molecule has 0 radical (unpaired) electrons. The smallest absolute Gasteiger partial charge is 0.409 e. The van der Waals surface area contributed by atoms with Crippen molar-refractivity contribution in [1.29, 1.82) is 0 Å². The molecule has 0 spiro atoms. The van der Waals surface area contributed by atoms with Crippen LogP contribution in [0, 0.1) is 0 Å². The predicted octanol–water partition coefficient (Wildman–Crippen LogP) is -1.05. The maximum absolute atomic E-state index is 10.3. The summed E-state index contributed by atoms with van der Waals surface area (Å²) in [4.78, 5) is 30.6. The van der Waals surface area contributed by atoms with Crippen LogP contribution in [0.3, 0.4) is 0 Å². The number of alkyl carbamates (subject to hydrolysis) is 3. The summed E-state index contributed by atoms with van der Waals surface area (Å²) in [6.45, 7) is -0.959. The monoisotopic (exact) mass is 267 g/mol. The summed E-state index contributed by atoms with van der Waals surface area (Å²) < 4.78 is 12.7. The minimum absolute atomic E-state index is 0.390. The van der Waals surface area contributed by atoms with Gasteiger partial charge < -0.3 is 35.3 Å². The summed E-state index contributed by atoms with van der Waals surface area (Å²) >= 11 is 0. The second-order valence-electron chi connectivity index (χ2n) is 2.29. The normalized spacial score (nSPS) is 8.00. The molecule has 10 heteroatoms. The average Bonchev–Trinajstić information content (AvgIpc) is 2.39. The van der Waals surface area contributed by atoms with Gasteiger partial charge in [0, 0.05) is 21.1 Å². The standard InChI is InChI=1S/C5H10N2O4.C3H7NO3/c1-6-4(8)10-3-11-5(9)7-2;1-4-3(6)7-2-5/h3H2,1-2H3,(H,6,8)(H,7,9);5H,2H2,1H3,(H,4,6). The molecular weight excluding hydrogens is 250 g/mol. The third kappa shape index (κ3) is 13.8. The van der Waals surface area contributed by atoms with Crippen molar-refractivity contribution in [3.05, 3.63) is 0 Å². The van der Waals surface area contributed by atoms with Crippen LogP contribution < -0.4 is 16.0 Å². The molecule has 0 aliphatic carbocycles. The molecule has 0 aliphatic heterocycles. The van der Waals surface area contributed by atoms with Gasteiger partial charge in [0.1, 0.15) is 0 Å². The van der Waals surface area contributed by atoms with Crippen molar-refractivity contribution in [3.8, 4) is 0 Å². The fourth-order valence-electron chi connectivity index (χ4n) is 0.412. The van der Waals surface area contributed by atoms with Crippen molar-refractivity contribution in [1.82, 2.24) is 16.0 Å². The zero-order valence-corrected chi connectivity index (χ0v) is 10.3. The molecule has 0 fully saturated rings. The molecule has 106 valence electrons. The molecule has 10 nitrogen and oxygen atoms in total. The molecule has 0 unspecified atom stereocenters. The molecule has 0 aromatic rings. The van der Waals surface area contributed by atoms with E-state index in [0.29, 0.717) is 0 Å². The van der Waals surface area contributed by atoms with Crippen LogP contribution in [0.15, 0.2) is 0 Å². The number of hydrogen-bond acceptors (Lipinski definition) is 7. The maximum atomic E-state index is 10.3. The SMILES string of the molecule is CNC(=O)OCO.CNC(=O)OCOC(=O)NC. The lowest BCUT2D eigenvalue weighted by Gasteiger charge is -2.03. The van der Waals surface area contributed by atoms with Crippen LogP contribution in [0.25, 0.3) is 0 Å². The summed E-state index contributed by atoms with van der Waals surface area (Å²) in [5.41, 5.74) is 0.